The summed E-state index contributed by atoms with van der Waals surface area (Å²) in [7, 11) is 0. The normalized spacial score (nSPS) is 10.4. The lowest BCUT2D eigenvalue weighted by Crippen LogP contribution is -2.15. The third-order valence-electron chi connectivity index (χ3n) is 3.09. The van der Waals surface area contributed by atoms with E-state index in [1.165, 1.54) is 11.0 Å². The largest absolute Gasteiger partial charge is 0.322 e. The van der Waals surface area contributed by atoms with Gasteiger partial charge in [0.15, 0.2) is 0 Å². The molecular weight excluding hydrogens is 298 g/mol. The van der Waals surface area contributed by atoms with Crippen molar-refractivity contribution in [3.8, 4) is 5.69 Å². The third kappa shape index (κ3) is 2.99. The molecule has 110 valence electrons. The maximum Gasteiger partial charge on any atom is 0.257 e. The van der Waals surface area contributed by atoms with Crippen LogP contribution in [0.3, 0.4) is 0 Å². The van der Waals surface area contributed by atoms with Gasteiger partial charge in [0.05, 0.1) is 11.3 Å². The number of nitrogens with one attached hydrogen (secondary N) is 1. The number of para-hydroxylation sites is 1. The summed E-state index contributed by atoms with van der Waals surface area (Å²) < 4.78 is 1.46. The minimum absolute atomic E-state index is 0.206. The average Bonchev–Trinajstić information content (AvgIpc) is 3.10. The van der Waals surface area contributed by atoms with E-state index in [-0.39, 0.29) is 5.91 Å². The lowest BCUT2D eigenvalue weighted by atomic mass is 10.1. The monoisotopic (exact) mass is 311 g/mol. The van der Waals surface area contributed by atoms with Gasteiger partial charge >= 0.3 is 0 Å². The first-order valence-corrected chi connectivity index (χ1v) is 7.78. The van der Waals surface area contributed by atoms with Gasteiger partial charge in [0.1, 0.15) is 6.33 Å². The van der Waals surface area contributed by atoms with Gasteiger partial charge in [-0.25, -0.2) is 0 Å². The van der Waals surface area contributed by atoms with Crippen LogP contribution in [0.15, 0.2) is 59.8 Å². The fraction of sp³-hybridized carbons (Fsp3) is 0.0667. The van der Waals surface area contributed by atoms with Crippen LogP contribution >= 0.6 is 11.8 Å². The summed E-state index contributed by atoms with van der Waals surface area (Å²) in [5.74, 6) is -0.206. The Morgan fingerprint density at radius 3 is 2.59 bits per heavy atom. The van der Waals surface area contributed by atoms with Gasteiger partial charge in [-0.15, -0.1) is 16.9 Å². The van der Waals surface area contributed by atoms with Gasteiger partial charge in [0.25, 0.3) is 5.91 Å². The van der Waals surface area contributed by atoms with Crippen LogP contribution < -0.4 is 5.32 Å². The van der Waals surface area contributed by atoms with E-state index in [0.29, 0.717) is 11.3 Å². The number of carbonyl (C=O) groups excluding carboxylic acids is 1. The number of tetrazole rings is 1. The summed E-state index contributed by atoms with van der Waals surface area (Å²) in [5.41, 5.74) is 1.88. The molecule has 0 atom stereocenters. The molecule has 0 aliphatic rings. The molecule has 0 aliphatic heterocycles. The van der Waals surface area contributed by atoms with Gasteiger partial charge < -0.3 is 5.32 Å². The Labute approximate surface area is 131 Å². The Morgan fingerprint density at radius 2 is 1.91 bits per heavy atom. The minimum atomic E-state index is -0.206. The highest BCUT2D eigenvalue weighted by atomic mass is 32.2. The molecule has 0 saturated heterocycles. The molecule has 0 unspecified atom stereocenters. The molecule has 0 saturated carbocycles. The summed E-state index contributed by atoms with van der Waals surface area (Å²) in [6, 6.07) is 14.9. The van der Waals surface area contributed by atoms with Crippen molar-refractivity contribution in [2.24, 2.45) is 0 Å². The molecular formula is C15H13N5OS. The maximum atomic E-state index is 12.5. The second-order valence-corrected chi connectivity index (χ2v) is 5.33. The van der Waals surface area contributed by atoms with E-state index in [1.54, 1.807) is 30.0 Å². The molecule has 22 heavy (non-hydrogen) atoms. The van der Waals surface area contributed by atoms with Gasteiger partial charge in [-0.1, -0.05) is 12.1 Å². The van der Waals surface area contributed by atoms with Crippen LogP contribution in [0.5, 0.6) is 0 Å². The predicted molar refractivity (Wildman–Crippen MR) is 85.3 cm³/mol. The number of carbonyl (C=O) groups is 1. The van der Waals surface area contributed by atoms with Crippen LogP contribution in [0, 0.1) is 0 Å². The number of thioether (sulfide) groups is 1. The summed E-state index contributed by atoms with van der Waals surface area (Å²) in [6.45, 7) is 0. The summed E-state index contributed by atoms with van der Waals surface area (Å²) in [4.78, 5) is 13.6. The molecule has 7 heteroatoms. The van der Waals surface area contributed by atoms with E-state index in [9.17, 15) is 4.79 Å². The van der Waals surface area contributed by atoms with E-state index >= 15 is 0 Å². The number of aromatic nitrogens is 4. The molecule has 3 aromatic rings. The molecule has 1 amide bonds. The molecule has 0 aliphatic carbocycles. The Hall–Kier alpha value is -2.67. The second kappa shape index (κ2) is 6.40. The van der Waals surface area contributed by atoms with Crippen LogP contribution in [0.1, 0.15) is 10.4 Å². The van der Waals surface area contributed by atoms with E-state index in [1.807, 2.05) is 36.6 Å². The van der Waals surface area contributed by atoms with Crippen molar-refractivity contribution in [1.82, 2.24) is 20.2 Å². The highest BCUT2D eigenvalue weighted by Gasteiger charge is 2.13. The Bertz CT molecular complexity index is 771. The Morgan fingerprint density at radius 1 is 1.14 bits per heavy atom. The number of hydrogen-bond donors (Lipinski definition) is 1. The van der Waals surface area contributed by atoms with Crippen LogP contribution in [0.4, 0.5) is 5.69 Å². The number of rotatable bonds is 4. The van der Waals surface area contributed by atoms with Gasteiger partial charge in [-0.05, 0) is 53.1 Å². The van der Waals surface area contributed by atoms with Crippen molar-refractivity contribution >= 4 is 23.4 Å². The van der Waals surface area contributed by atoms with Crippen molar-refractivity contribution in [1.29, 1.82) is 0 Å². The first-order chi connectivity index (χ1) is 10.8. The quantitative estimate of drug-likeness (QED) is 0.750. The van der Waals surface area contributed by atoms with Crippen LogP contribution in [-0.2, 0) is 0 Å². The molecule has 0 fully saturated rings. The zero-order valence-corrected chi connectivity index (χ0v) is 12.6. The molecule has 3 rings (SSSR count). The maximum absolute atomic E-state index is 12.5. The number of nitrogens with zero attached hydrogens (tertiary/aromatic N) is 4. The van der Waals surface area contributed by atoms with E-state index < -0.39 is 0 Å². The van der Waals surface area contributed by atoms with Gasteiger partial charge in [-0.2, -0.15) is 4.68 Å². The van der Waals surface area contributed by atoms with Crippen molar-refractivity contribution in [3.05, 3.63) is 60.4 Å². The first-order valence-electron chi connectivity index (χ1n) is 6.56. The van der Waals surface area contributed by atoms with E-state index in [0.717, 1.165) is 10.6 Å². The average molecular weight is 311 g/mol. The predicted octanol–water partition coefficient (Wildman–Crippen LogP) is 2.64. The summed E-state index contributed by atoms with van der Waals surface area (Å²) >= 11 is 1.66. The van der Waals surface area contributed by atoms with E-state index in [2.05, 4.69) is 20.8 Å². The lowest BCUT2D eigenvalue weighted by Gasteiger charge is -2.09. The van der Waals surface area contributed by atoms with Gasteiger partial charge in [-0.3, -0.25) is 4.79 Å². The third-order valence-corrected chi connectivity index (χ3v) is 3.84. The van der Waals surface area contributed by atoms with Gasteiger partial charge in [0, 0.05) is 10.6 Å². The molecule has 2 aromatic carbocycles. The zero-order valence-electron chi connectivity index (χ0n) is 11.8. The Balaban J connectivity index is 1.86. The molecule has 0 radical (unpaired) electrons. The van der Waals surface area contributed by atoms with Crippen LogP contribution in [0.25, 0.3) is 5.69 Å². The molecule has 6 nitrogen and oxygen atoms in total. The summed E-state index contributed by atoms with van der Waals surface area (Å²) in [6.07, 6.45) is 3.47. The smallest absolute Gasteiger partial charge is 0.257 e. The fourth-order valence-corrected chi connectivity index (χ4v) is 2.42. The zero-order chi connectivity index (χ0) is 15.4. The topological polar surface area (TPSA) is 72.7 Å². The molecule has 1 N–H and O–H groups in total. The highest BCUT2D eigenvalue weighted by molar-refractivity contribution is 7.98. The number of hydrogen-bond acceptors (Lipinski definition) is 5. The Kier molecular flexibility index (Phi) is 4.15. The lowest BCUT2D eigenvalue weighted by molar-refractivity contribution is 0.102. The second-order valence-electron chi connectivity index (χ2n) is 4.45. The standard InChI is InChI=1S/C15H13N5OS/c1-22-12-8-6-11(7-9-12)17-15(21)13-4-2-3-5-14(13)20-10-16-18-19-20/h2-10H,1H3,(H,17,21). The molecule has 0 spiro atoms. The molecule has 1 aromatic heterocycles. The highest BCUT2D eigenvalue weighted by Crippen LogP contribution is 2.19. The molecule has 0 bridgehead atoms. The van der Waals surface area contributed by atoms with Gasteiger partial charge in [0.2, 0.25) is 0 Å². The van der Waals surface area contributed by atoms with Crippen molar-refractivity contribution in [2.45, 2.75) is 4.90 Å². The first kappa shape index (κ1) is 14.3. The summed E-state index contributed by atoms with van der Waals surface area (Å²) in [5, 5.41) is 13.9. The van der Waals surface area contributed by atoms with E-state index in [4.69, 9.17) is 0 Å². The van der Waals surface area contributed by atoms with Crippen LogP contribution in [-0.4, -0.2) is 32.4 Å². The number of benzene rings is 2. The van der Waals surface area contributed by atoms with Crippen molar-refractivity contribution in [3.63, 3.8) is 0 Å². The van der Waals surface area contributed by atoms with Crippen molar-refractivity contribution < 1.29 is 4.79 Å². The fourth-order valence-electron chi connectivity index (χ4n) is 2.01. The number of amides is 1. The molecule has 1 heterocycles. The number of anilines is 1. The SMILES string of the molecule is CSc1ccc(NC(=O)c2ccccc2-n2cnnn2)cc1. The van der Waals surface area contributed by atoms with Crippen LogP contribution in [0.2, 0.25) is 0 Å². The van der Waals surface area contributed by atoms with Crippen molar-refractivity contribution in [2.75, 3.05) is 11.6 Å². The minimum Gasteiger partial charge on any atom is -0.322 e.